The van der Waals surface area contributed by atoms with Crippen LogP contribution >= 0.6 is 0 Å². The van der Waals surface area contributed by atoms with E-state index >= 15 is 0 Å². The number of hydrogen-bond acceptors (Lipinski definition) is 21. The van der Waals surface area contributed by atoms with Crippen LogP contribution in [-0.2, 0) is 81.3 Å². The lowest BCUT2D eigenvalue weighted by molar-refractivity contribution is -0.777. The topological polar surface area (TPSA) is 264 Å². The zero-order valence-corrected chi connectivity index (χ0v) is 48.3. The molecule has 24 nitrogen and oxygen atoms in total. The van der Waals surface area contributed by atoms with Crippen molar-refractivity contribution >= 4 is 29.8 Å². The number of nitrogens with one attached hydrogen (secondary N) is 2. The van der Waals surface area contributed by atoms with Crippen LogP contribution in [0.5, 0.6) is 23.0 Å². The molecule has 2 aliphatic rings. The van der Waals surface area contributed by atoms with Crippen LogP contribution in [-0.4, -0.2) is 168 Å². The fourth-order valence-corrected chi connectivity index (χ4v) is 9.03. The monoisotopic (exact) mass is 1160 g/mol. The largest absolute Gasteiger partial charge is 0.487 e. The summed E-state index contributed by atoms with van der Waals surface area (Å²) in [7, 11) is 0. The van der Waals surface area contributed by atoms with E-state index in [1.807, 2.05) is 53.3 Å². The molecule has 1 saturated heterocycles. The van der Waals surface area contributed by atoms with Gasteiger partial charge in [0.1, 0.15) is 39.1 Å². The predicted molar refractivity (Wildman–Crippen MR) is 297 cm³/mol. The van der Waals surface area contributed by atoms with Crippen LogP contribution in [0.1, 0.15) is 107 Å². The fraction of sp³-hybridized carbons (Fsp3) is 0.593. The van der Waals surface area contributed by atoms with E-state index in [9.17, 15) is 24.0 Å². The number of rotatable bonds is 23. The van der Waals surface area contributed by atoms with E-state index < -0.39 is 54.5 Å². The predicted octanol–water partition coefficient (Wildman–Crippen LogP) is 5.00. The van der Waals surface area contributed by atoms with Crippen LogP contribution < -0.4 is 34.1 Å². The second kappa shape index (κ2) is 37.3. The highest BCUT2D eigenvalue weighted by atomic mass is 16.7. The van der Waals surface area contributed by atoms with E-state index in [1.165, 1.54) is 18.4 Å². The van der Waals surface area contributed by atoms with Gasteiger partial charge in [0, 0.05) is 65.7 Å². The van der Waals surface area contributed by atoms with Crippen LogP contribution in [0.4, 0.5) is 0 Å². The number of benzene rings is 2. The first-order valence-electron chi connectivity index (χ1n) is 28.7. The molecule has 1 fully saturated rings. The van der Waals surface area contributed by atoms with Crippen molar-refractivity contribution in [1.29, 1.82) is 0 Å². The Morgan fingerprint density at radius 1 is 0.578 bits per heavy atom. The summed E-state index contributed by atoms with van der Waals surface area (Å²) in [5.41, 5.74) is 2.45. The molecule has 2 aliphatic heterocycles. The molecule has 0 saturated carbocycles. The molecule has 456 valence electrons. The molecule has 83 heavy (non-hydrogen) atoms. The standard InChI is InChI=1S/C59H82N6O18/c1-43(66)79-42-54-55(80-44(2)67)56(81-45(3)68)57(82-46(4)69)59(83-54)64-25-20-48(21-26-64)58(70)61-23-13-7-8-14-24-65-41-49(62-63-65)15-9-5-6-12-22-60-40-47-18-19-52-53(39-47)78-38-34-74-30-29-72-32-36-76-51-17-11-10-16-50(51)75-35-31-71-27-28-73-33-37-77-52/h10-11,16-21,25-26,39,41,54-57,59-60H,5-9,12-15,22-24,27-38,40,42H2,1-4H3/p+1/t54-,55-,56+,57+,59+/m1/s1. The lowest BCUT2D eigenvalue weighted by Crippen LogP contribution is -2.65. The Hall–Kier alpha value is -6.96. The fourth-order valence-electron chi connectivity index (χ4n) is 9.03. The summed E-state index contributed by atoms with van der Waals surface area (Å²) in [6.07, 6.45) is 7.75. The molecule has 2 aromatic heterocycles. The molecule has 4 aromatic rings. The summed E-state index contributed by atoms with van der Waals surface area (Å²) < 4.78 is 78.2. The minimum atomic E-state index is -1.32. The van der Waals surface area contributed by atoms with Crippen molar-refractivity contribution < 1.29 is 90.1 Å². The Bertz CT molecular complexity index is 2570. The highest BCUT2D eigenvalue weighted by Crippen LogP contribution is 2.33. The maximum absolute atomic E-state index is 13.1. The number of para-hydroxylation sites is 2. The van der Waals surface area contributed by atoms with Gasteiger partial charge in [0.05, 0.1) is 64.1 Å². The van der Waals surface area contributed by atoms with Gasteiger partial charge in [-0.25, -0.2) is 0 Å². The second-order valence-corrected chi connectivity index (χ2v) is 19.7. The maximum Gasteiger partial charge on any atom is 0.304 e. The van der Waals surface area contributed by atoms with Gasteiger partial charge in [0.15, 0.2) is 47.6 Å². The SMILES string of the molecule is CC(=O)OC[C@H]1O[C@H]([n+]2ccc(C(=O)NCCCCCCn3cc(CCCCCCNCc4ccc5c(c4)OCCOCCOCCOc4ccccc4OCCOCCOCCO5)nn3)cc2)[C@@H](OC(C)=O)[C@@H](OC(C)=O)[C@@H]1OC(C)=O. The van der Waals surface area contributed by atoms with E-state index in [0.717, 1.165) is 96.0 Å². The number of aryl methyl sites for hydroxylation is 2. The number of esters is 4. The normalized spacial score (nSPS) is 19.5. The number of amides is 1. The lowest BCUT2D eigenvalue weighted by Gasteiger charge is -2.41. The van der Waals surface area contributed by atoms with Crippen molar-refractivity contribution in [3.63, 3.8) is 0 Å². The van der Waals surface area contributed by atoms with Gasteiger partial charge >= 0.3 is 30.1 Å². The summed E-state index contributed by atoms with van der Waals surface area (Å²) in [6, 6.07) is 16.7. The third-order valence-corrected chi connectivity index (χ3v) is 13.0. The van der Waals surface area contributed by atoms with Crippen molar-refractivity contribution in [2.24, 2.45) is 0 Å². The second-order valence-electron chi connectivity index (χ2n) is 19.7. The van der Waals surface area contributed by atoms with Gasteiger partial charge in [-0.2, -0.15) is 4.57 Å². The van der Waals surface area contributed by atoms with Gasteiger partial charge in [-0.3, -0.25) is 28.7 Å². The van der Waals surface area contributed by atoms with E-state index in [-0.39, 0.29) is 12.5 Å². The highest BCUT2D eigenvalue weighted by Gasteiger charge is 2.56. The van der Waals surface area contributed by atoms with Crippen LogP contribution in [0, 0.1) is 0 Å². The summed E-state index contributed by atoms with van der Waals surface area (Å²) in [5, 5.41) is 15.2. The van der Waals surface area contributed by atoms with Gasteiger partial charge in [-0.05, 0) is 68.5 Å². The third kappa shape index (κ3) is 24.4. The minimum Gasteiger partial charge on any atom is -0.487 e. The smallest absolute Gasteiger partial charge is 0.304 e. The zero-order valence-electron chi connectivity index (χ0n) is 48.3. The first-order valence-corrected chi connectivity index (χ1v) is 28.7. The molecule has 0 spiro atoms. The molecule has 2 N–H and O–H groups in total. The van der Waals surface area contributed by atoms with Crippen molar-refractivity contribution in [3.8, 4) is 23.0 Å². The first kappa shape index (κ1) is 65.2. The molecule has 5 atom stereocenters. The van der Waals surface area contributed by atoms with Crippen molar-refractivity contribution in [3.05, 3.63) is 90.0 Å². The average molecular weight is 1160 g/mol. The van der Waals surface area contributed by atoms with E-state index in [0.29, 0.717) is 121 Å². The van der Waals surface area contributed by atoms with Crippen LogP contribution in [0.15, 0.2) is 73.2 Å². The molecule has 1 amide bonds. The number of unbranched alkanes of at least 4 members (excludes halogenated alkanes) is 6. The van der Waals surface area contributed by atoms with Crippen molar-refractivity contribution in [2.45, 2.75) is 129 Å². The molecule has 0 unspecified atom stereocenters. The molecule has 0 aliphatic carbocycles. The maximum atomic E-state index is 13.1. The Kier molecular flexibility index (Phi) is 29.3. The summed E-state index contributed by atoms with van der Waals surface area (Å²) in [6.45, 7) is 12.0. The number of hydrogen-bond donors (Lipinski definition) is 2. The van der Waals surface area contributed by atoms with Gasteiger partial charge in [0.2, 0.25) is 6.10 Å². The van der Waals surface area contributed by atoms with Gasteiger partial charge in [0.25, 0.3) is 5.91 Å². The van der Waals surface area contributed by atoms with E-state index in [2.05, 4.69) is 20.9 Å². The molecule has 2 aromatic carbocycles. The summed E-state index contributed by atoms with van der Waals surface area (Å²) in [5.74, 6) is -0.456. The number of ether oxygens (including phenoxy) is 13. The highest BCUT2D eigenvalue weighted by molar-refractivity contribution is 5.93. The number of carbonyl (C=O) groups excluding carboxylic acids is 5. The van der Waals surface area contributed by atoms with E-state index in [1.54, 1.807) is 24.5 Å². The Balaban J connectivity index is 0.824. The number of pyridine rings is 1. The Morgan fingerprint density at radius 3 is 1.71 bits per heavy atom. The lowest BCUT2D eigenvalue weighted by atomic mass is 9.97. The number of fused-ring (bicyclic) bond motifs is 2. The molecular weight excluding hydrogens is 1080 g/mol. The van der Waals surface area contributed by atoms with Crippen molar-refractivity contribution in [1.82, 2.24) is 25.6 Å². The molecule has 0 bridgehead atoms. The Morgan fingerprint density at radius 2 is 1.11 bits per heavy atom. The molecular formula is C59H83N6O18+. The molecule has 6 rings (SSSR count). The first-order chi connectivity index (χ1) is 40.4. The minimum absolute atomic E-state index is 0.282. The molecule has 24 heteroatoms. The van der Waals surface area contributed by atoms with Crippen LogP contribution in [0.2, 0.25) is 0 Å². The molecule has 0 radical (unpaired) electrons. The molecule has 4 heterocycles. The number of carbonyl (C=O) groups is 5. The van der Waals surface area contributed by atoms with Crippen molar-refractivity contribution in [2.75, 3.05) is 99.0 Å². The van der Waals surface area contributed by atoms with Gasteiger partial charge in [-0.15, -0.1) is 5.10 Å². The van der Waals surface area contributed by atoms with Crippen LogP contribution in [0.25, 0.3) is 0 Å². The number of aromatic nitrogens is 4. The third-order valence-electron chi connectivity index (χ3n) is 13.0. The number of nitrogens with zero attached hydrogens (tertiary/aromatic N) is 4. The van der Waals surface area contributed by atoms with Gasteiger partial charge < -0.3 is 72.2 Å². The van der Waals surface area contributed by atoms with Gasteiger partial charge in [-0.1, -0.05) is 49.1 Å². The Labute approximate surface area is 485 Å². The van der Waals surface area contributed by atoms with Crippen LogP contribution in [0.3, 0.4) is 0 Å². The quantitative estimate of drug-likeness (QED) is 0.0428. The average Bonchev–Trinajstić information content (AvgIpc) is 3.63. The zero-order chi connectivity index (χ0) is 58.9. The van der Waals surface area contributed by atoms with E-state index in [4.69, 9.17) is 61.6 Å². The summed E-state index contributed by atoms with van der Waals surface area (Å²) >= 11 is 0. The summed E-state index contributed by atoms with van der Waals surface area (Å²) in [4.78, 5) is 61.3.